The van der Waals surface area contributed by atoms with E-state index >= 15 is 0 Å². The number of carbonyl (C=O) groups is 3. The minimum atomic E-state index is -1.26. The molecule has 0 aromatic heterocycles. The number of nitrogens with zero attached hydrogens (tertiary/aromatic N) is 3. The molecule has 9 nitrogen and oxygen atoms in total. The number of halogens is 1. The number of urea groups is 1. The van der Waals surface area contributed by atoms with E-state index in [1.165, 1.54) is 17.7 Å². The molecule has 0 aliphatic carbocycles. The first-order valence-corrected chi connectivity index (χ1v) is 10.8. The number of fused-ring (bicyclic) bond motifs is 1. The third-order valence-electron chi connectivity index (χ3n) is 5.54. The smallest absolute Gasteiger partial charge is 0.328 e. The normalized spacial score (nSPS) is 15.5. The van der Waals surface area contributed by atoms with Crippen LogP contribution in [-0.4, -0.2) is 77.8 Å². The number of hydrogen-bond donors (Lipinski definition) is 3. The van der Waals surface area contributed by atoms with Gasteiger partial charge in [-0.15, -0.1) is 0 Å². The lowest BCUT2D eigenvalue weighted by Crippen LogP contribution is -2.48. The number of carboxylic acids is 2. The highest BCUT2D eigenvalue weighted by atomic mass is 19.1. The molecule has 2 amide bonds. The topological polar surface area (TPSA) is 113 Å². The first-order chi connectivity index (χ1) is 16.2. The van der Waals surface area contributed by atoms with E-state index < -0.39 is 11.9 Å². The molecule has 0 atom stereocenters. The fraction of sp³-hybridized carbons (Fsp3) is 0.292. The van der Waals surface area contributed by atoms with E-state index in [0.29, 0.717) is 30.9 Å². The van der Waals surface area contributed by atoms with Gasteiger partial charge in [0.2, 0.25) is 0 Å². The quantitative estimate of drug-likeness (QED) is 0.589. The average Bonchev–Trinajstić information content (AvgIpc) is 3.23. The summed E-state index contributed by atoms with van der Waals surface area (Å²) in [6.07, 6.45) is 2.06. The van der Waals surface area contributed by atoms with Crippen molar-refractivity contribution in [3.63, 3.8) is 0 Å². The first kappa shape index (κ1) is 24.7. The van der Waals surface area contributed by atoms with Gasteiger partial charge in [-0.25, -0.2) is 18.8 Å². The second-order valence-electron chi connectivity index (χ2n) is 7.92. The zero-order valence-corrected chi connectivity index (χ0v) is 18.8. The zero-order valence-electron chi connectivity index (χ0n) is 18.8. The summed E-state index contributed by atoms with van der Waals surface area (Å²) in [6, 6.07) is 12.6. The summed E-state index contributed by atoms with van der Waals surface area (Å²) < 4.78 is 13.9. The van der Waals surface area contributed by atoms with Gasteiger partial charge in [0.1, 0.15) is 5.82 Å². The van der Waals surface area contributed by atoms with Gasteiger partial charge in [0.15, 0.2) is 0 Å². The molecule has 3 N–H and O–H groups in total. The molecule has 0 spiro atoms. The number of para-hydroxylation sites is 1. The van der Waals surface area contributed by atoms with Crippen molar-refractivity contribution in [1.82, 2.24) is 9.80 Å². The molecule has 2 aliphatic heterocycles. The maximum absolute atomic E-state index is 13.9. The summed E-state index contributed by atoms with van der Waals surface area (Å²) in [5.41, 5.74) is 3.74. The molecule has 2 aliphatic rings. The largest absolute Gasteiger partial charge is 0.478 e. The van der Waals surface area contributed by atoms with Crippen LogP contribution >= 0.6 is 0 Å². The maximum Gasteiger partial charge on any atom is 0.328 e. The number of aliphatic carboxylic acids is 2. The van der Waals surface area contributed by atoms with Crippen LogP contribution in [0.4, 0.5) is 26.2 Å². The fourth-order valence-corrected chi connectivity index (χ4v) is 3.78. The van der Waals surface area contributed by atoms with Crippen LogP contribution in [0.25, 0.3) is 0 Å². The Bertz CT molecular complexity index is 1070. The van der Waals surface area contributed by atoms with Gasteiger partial charge in [0.05, 0.1) is 11.4 Å². The second kappa shape index (κ2) is 11.3. The lowest BCUT2D eigenvalue weighted by molar-refractivity contribution is -0.134. The average molecular weight is 471 g/mol. The Morgan fingerprint density at radius 3 is 2.21 bits per heavy atom. The maximum atomic E-state index is 13.9. The van der Waals surface area contributed by atoms with Gasteiger partial charge < -0.3 is 30.2 Å². The molecule has 0 radical (unpaired) electrons. The number of benzene rings is 2. The number of carbonyl (C=O) groups excluding carboxylic acids is 1. The van der Waals surface area contributed by atoms with Crippen LogP contribution in [0, 0.1) is 5.82 Å². The van der Waals surface area contributed by atoms with Gasteiger partial charge in [0, 0.05) is 50.6 Å². The van der Waals surface area contributed by atoms with Crippen LogP contribution in [0.5, 0.6) is 0 Å². The van der Waals surface area contributed by atoms with Gasteiger partial charge >= 0.3 is 18.0 Å². The van der Waals surface area contributed by atoms with E-state index in [0.717, 1.165) is 37.4 Å². The molecule has 1 saturated heterocycles. The highest BCUT2D eigenvalue weighted by molar-refractivity contribution is 5.94. The highest BCUT2D eigenvalue weighted by Crippen LogP contribution is 2.38. The Morgan fingerprint density at radius 1 is 0.912 bits per heavy atom. The number of hydrogen-bond acceptors (Lipinski definition) is 5. The minimum absolute atomic E-state index is 0.169. The predicted octanol–water partition coefficient (Wildman–Crippen LogP) is 3.01. The van der Waals surface area contributed by atoms with Crippen LogP contribution in [0.3, 0.4) is 0 Å². The molecule has 0 unspecified atom stereocenters. The van der Waals surface area contributed by atoms with Gasteiger partial charge in [-0.1, -0.05) is 18.2 Å². The third-order valence-corrected chi connectivity index (χ3v) is 5.54. The molecule has 0 bridgehead atoms. The van der Waals surface area contributed by atoms with Crippen molar-refractivity contribution in [3.05, 3.63) is 66.0 Å². The molecule has 4 rings (SSSR count). The monoisotopic (exact) mass is 470 g/mol. The van der Waals surface area contributed by atoms with E-state index in [1.807, 2.05) is 19.2 Å². The minimum Gasteiger partial charge on any atom is -0.478 e. The van der Waals surface area contributed by atoms with Gasteiger partial charge in [0.25, 0.3) is 0 Å². The standard InChI is InChI=1S/C20H23FN4O.C4H4O4/c1-23-10-12-24(13-11-23)20(26)22-17-14-16(21)6-7-19(17)25-9-8-15-4-2-3-5-18(15)25;5-3(6)1-2-4(7)8/h2-7,14H,8-13H2,1H3,(H,22,26);1-2H,(H,5,6)(H,7,8)/b;2-1-. The Kier molecular flexibility index (Phi) is 8.20. The fourth-order valence-electron chi connectivity index (χ4n) is 3.78. The van der Waals surface area contributed by atoms with Crippen LogP contribution in [0.2, 0.25) is 0 Å². The van der Waals surface area contributed by atoms with Gasteiger partial charge in [-0.3, -0.25) is 0 Å². The molecular weight excluding hydrogens is 443 g/mol. The number of piperazine rings is 1. The van der Waals surface area contributed by atoms with Crippen molar-refractivity contribution in [1.29, 1.82) is 0 Å². The first-order valence-electron chi connectivity index (χ1n) is 10.8. The molecule has 10 heteroatoms. The van der Waals surface area contributed by atoms with Crippen molar-refractivity contribution in [2.75, 3.05) is 50.0 Å². The van der Waals surface area contributed by atoms with Crippen molar-refractivity contribution < 1.29 is 29.0 Å². The lowest BCUT2D eigenvalue weighted by atomic mass is 10.1. The molecule has 2 heterocycles. The number of anilines is 3. The number of amides is 2. The van der Waals surface area contributed by atoms with E-state index in [9.17, 15) is 18.8 Å². The number of nitrogens with one attached hydrogen (secondary N) is 1. The van der Waals surface area contributed by atoms with Crippen molar-refractivity contribution in [3.8, 4) is 0 Å². The van der Waals surface area contributed by atoms with Crippen molar-refractivity contribution >= 4 is 35.0 Å². The predicted molar refractivity (Wildman–Crippen MR) is 126 cm³/mol. The second-order valence-corrected chi connectivity index (χ2v) is 7.92. The Labute approximate surface area is 196 Å². The molecule has 180 valence electrons. The van der Waals surface area contributed by atoms with Crippen LogP contribution in [-0.2, 0) is 16.0 Å². The van der Waals surface area contributed by atoms with Crippen LogP contribution in [0.15, 0.2) is 54.6 Å². The molecule has 2 aromatic carbocycles. The van der Waals surface area contributed by atoms with Crippen molar-refractivity contribution in [2.45, 2.75) is 6.42 Å². The summed E-state index contributed by atoms with van der Waals surface area (Å²) in [6.45, 7) is 3.88. The summed E-state index contributed by atoms with van der Waals surface area (Å²) in [7, 11) is 2.05. The van der Waals surface area contributed by atoms with E-state index in [4.69, 9.17) is 10.2 Å². The van der Waals surface area contributed by atoms with Crippen LogP contribution in [0.1, 0.15) is 5.56 Å². The number of likely N-dealkylation sites (N-methyl/N-ethyl adjacent to an activating group) is 1. The molecule has 34 heavy (non-hydrogen) atoms. The van der Waals surface area contributed by atoms with E-state index in [2.05, 4.69) is 27.2 Å². The van der Waals surface area contributed by atoms with E-state index in [1.54, 1.807) is 11.0 Å². The Balaban J connectivity index is 0.000000350. The zero-order chi connectivity index (χ0) is 24.7. The summed E-state index contributed by atoms with van der Waals surface area (Å²) in [5, 5.41) is 18.6. The number of rotatable bonds is 4. The summed E-state index contributed by atoms with van der Waals surface area (Å²) in [4.78, 5) is 37.9. The molecular formula is C24H27FN4O5. The highest BCUT2D eigenvalue weighted by Gasteiger charge is 2.25. The third kappa shape index (κ3) is 6.55. The molecule has 1 fully saturated rings. The van der Waals surface area contributed by atoms with Gasteiger partial charge in [-0.2, -0.15) is 0 Å². The molecule has 2 aromatic rings. The number of carboxylic acid groups (broad SMARTS) is 2. The van der Waals surface area contributed by atoms with Crippen molar-refractivity contribution in [2.24, 2.45) is 0 Å². The Hall–Kier alpha value is -3.92. The summed E-state index contributed by atoms with van der Waals surface area (Å²) >= 11 is 0. The van der Waals surface area contributed by atoms with Gasteiger partial charge in [-0.05, 0) is 43.3 Å². The van der Waals surface area contributed by atoms with E-state index in [-0.39, 0.29) is 11.8 Å². The lowest BCUT2D eigenvalue weighted by Gasteiger charge is -2.33. The Morgan fingerprint density at radius 2 is 1.56 bits per heavy atom. The van der Waals surface area contributed by atoms with Crippen LogP contribution < -0.4 is 10.2 Å². The summed E-state index contributed by atoms with van der Waals surface area (Å²) in [5.74, 6) is -2.87. The SMILES string of the molecule is CN1CCN(C(=O)Nc2cc(F)ccc2N2CCc3ccccc32)CC1.O=C(O)/C=C\C(=O)O. The molecule has 0 saturated carbocycles.